The maximum Gasteiger partial charge on any atom is 0.329 e. The number of hydrogen-bond acceptors (Lipinski definition) is 4. The number of carbonyl (C=O) groups is 2. The molecule has 0 radical (unpaired) electrons. The van der Waals surface area contributed by atoms with Crippen molar-refractivity contribution in [1.29, 1.82) is 0 Å². The third kappa shape index (κ3) is 4.14. The lowest BCUT2D eigenvalue weighted by atomic mass is 10.1. The molecule has 1 amide bonds. The normalized spacial score (nSPS) is 10.5. The smallest absolute Gasteiger partial charge is 0.329 e. The van der Waals surface area contributed by atoms with Gasteiger partial charge in [-0.15, -0.1) is 0 Å². The van der Waals surface area contributed by atoms with Crippen LogP contribution in [0.2, 0.25) is 5.15 Å². The second-order valence-corrected chi connectivity index (χ2v) is 4.58. The highest BCUT2D eigenvalue weighted by Crippen LogP contribution is 2.22. The fraction of sp³-hybridized carbons (Fsp3) is 0.214. The van der Waals surface area contributed by atoms with E-state index in [0.29, 0.717) is 0 Å². The van der Waals surface area contributed by atoms with E-state index in [2.05, 4.69) is 10.3 Å². The Morgan fingerprint density at radius 2 is 2.10 bits per heavy atom. The molecule has 1 aromatic carbocycles. The molecule has 0 aliphatic heterocycles. The van der Waals surface area contributed by atoms with E-state index < -0.39 is 12.6 Å². The van der Waals surface area contributed by atoms with Crippen molar-refractivity contribution >= 4 is 34.2 Å². The number of carboxylic acids is 1. The lowest BCUT2D eigenvalue weighted by Gasteiger charge is -2.07. The van der Waals surface area contributed by atoms with Gasteiger partial charge in [-0.25, -0.2) is 9.78 Å². The van der Waals surface area contributed by atoms with Gasteiger partial charge in [-0.2, -0.15) is 0 Å². The number of fused-ring (bicyclic) bond motifs is 1. The van der Waals surface area contributed by atoms with Crippen LogP contribution in [-0.4, -0.2) is 41.7 Å². The number of ether oxygens (including phenoxy) is 1. The molecule has 7 heteroatoms. The standard InChI is InChI=1S/C14H13ClN2O4/c15-13-10-4-2-1-3-9(10)7-11(17-13)14(20)16-5-6-21-8-12(18)19/h1-4,7H,5-6,8H2,(H,16,20)(H,18,19). The number of hydrogen-bond donors (Lipinski definition) is 2. The van der Waals surface area contributed by atoms with Gasteiger partial charge in [-0.3, -0.25) is 4.79 Å². The summed E-state index contributed by atoms with van der Waals surface area (Å²) in [5.74, 6) is -1.44. The predicted octanol–water partition coefficient (Wildman–Crippen LogP) is 1.72. The lowest BCUT2D eigenvalue weighted by Crippen LogP contribution is -2.28. The summed E-state index contributed by atoms with van der Waals surface area (Å²) in [6, 6.07) is 9.01. The maximum atomic E-state index is 11.9. The van der Waals surface area contributed by atoms with Crippen LogP contribution in [0.1, 0.15) is 10.5 Å². The van der Waals surface area contributed by atoms with E-state index in [9.17, 15) is 9.59 Å². The number of aliphatic carboxylic acids is 1. The number of carbonyl (C=O) groups excluding carboxylic acids is 1. The molecule has 1 heterocycles. The van der Waals surface area contributed by atoms with Crippen LogP contribution < -0.4 is 5.32 Å². The number of nitrogens with zero attached hydrogens (tertiary/aromatic N) is 1. The Bertz CT molecular complexity index is 675. The minimum Gasteiger partial charge on any atom is -0.480 e. The zero-order valence-electron chi connectivity index (χ0n) is 11.0. The van der Waals surface area contributed by atoms with Crippen molar-refractivity contribution in [2.24, 2.45) is 0 Å². The Morgan fingerprint density at radius 1 is 1.33 bits per heavy atom. The number of benzene rings is 1. The molecule has 0 spiro atoms. The van der Waals surface area contributed by atoms with Crippen LogP contribution in [0.4, 0.5) is 0 Å². The zero-order valence-corrected chi connectivity index (χ0v) is 11.8. The molecule has 0 aliphatic carbocycles. The summed E-state index contributed by atoms with van der Waals surface area (Å²) in [5, 5.41) is 12.8. The van der Waals surface area contributed by atoms with Gasteiger partial charge in [0.2, 0.25) is 0 Å². The topological polar surface area (TPSA) is 88.5 Å². The van der Waals surface area contributed by atoms with Crippen molar-refractivity contribution in [2.45, 2.75) is 0 Å². The van der Waals surface area contributed by atoms with E-state index in [1.165, 1.54) is 0 Å². The van der Waals surface area contributed by atoms with Crippen molar-refractivity contribution in [2.75, 3.05) is 19.8 Å². The number of rotatable bonds is 6. The predicted molar refractivity (Wildman–Crippen MR) is 77.5 cm³/mol. The summed E-state index contributed by atoms with van der Waals surface area (Å²) in [6.07, 6.45) is 0. The van der Waals surface area contributed by atoms with E-state index in [-0.39, 0.29) is 29.9 Å². The maximum absolute atomic E-state index is 11.9. The molecule has 0 saturated heterocycles. The van der Waals surface area contributed by atoms with E-state index >= 15 is 0 Å². The van der Waals surface area contributed by atoms with Gasteiger partial charge in [0.15, 0.2) is 0 Å². The first kappa shape index (κ1) is 15.2. The molecular formula is C14H13ClN2O4. The van der Waals surface area contributed by atoms with Gasteiger partial charge in [0.1, 0.15) is 17.5 Å². The van der Waals surface area contributed by atoms with E-state index in [1.807, 2.05) is 24.3 Å². The fourth-order valence-electron chi connectivity index (χ4n) is 1.76. The molecule has 2 rings (SSSR count). The summed E-state index contributed by atoms with van der Waals surface area (Å²) in [4.78, 5) is 26.2. The highest BCUT2D eigenvalue weighted by atomic mass is 35.5. The molecule has 0 fully saturated rings. The first-order chi connectivity index (χ1) is 10.1. The molecule has 0 bridgehead atoms. The van der Waals surface area contributed by atoms with Crippen molar-refractivity contribution in [3.63, 3.8) is 0 Å². The van der Waals surface area contributed by atoms with Crippen LogP contribution in [0.25, 0.3) is 10.8 Å². The molecule has 1 aromatic heterocycles. The molecular weight excluding hydrogens is 296 g/mol. The number of amides is 1. The average Bonchev–Trinajstić information content (AvgIpc) is 2.46. The molecule has 0 saturated carbocycles. The molecule has 110 valence electrons. The molecule has 21 heavy (non-hydrogen) atoms. The Balaban J connectivity index is 1.98. The Labute approximate surface area is 125 Å². The Hall–Kier alpha value is -2.18. The highest BCUT2D eigenvalue weighted by molar-refractivity contribution is 6.34. The monoisotopic (exact) mass is 308 g/mol. The minimum atomic E-state index is -1.05. The quantitative estimate of drug-likeness (QED) is 0.626. The van der Waals surface area contributed by atoms with Crippen molar-refractivity contribution in [3.05, 3.63) is 41.2 Å². The first-order valence-corrected chi connectivity index (χ1v) is 6.59. The van der Waals surface area contributed by atoms with Crippen LogP contribution in [0.5, 0.6) is 0 Å². The van der Waals surface area contributed by atoms with Crippen LogP contribution in [0.15, 0.2) is 30.3 Å². The summed E-state index contributed by atoms with van der Waals surface area (Å²) in [5.41, 5.74) is 0.205. The van der Waals surface area contributed by atoms with Gasteiger partial charge in [0.25, 0.3) is 5.91 Å². The second-order valence-electron chi connectivity index (χ2n) is 4.22. The molecule has 2 aromatic rings. The summed E-state index contributed by atoms with van der Waals surface area (Å²) in [7, 11) is 0. The van der Waals surface area contributed by atoms with Gasteiger partial charge >= 0.3 is 5.97 Å². The van der Waals surface area contributed by atoms with E-state index in [0.717, 1.165) is 10.8 Å². The highest BCUT2D eigenvalue weighted by Gasteiger charge is 2.10. The van der Waals surface area contributed by atoms with Gasteiger partial charge in [-0.05, 0) is 11.5 Å². The van der Waals surface area contributed by atoms with Crippen LogP contribution in [0.3, 0.4) is 0 Å². The number of halogens is 1. The first-order valence-electron chi connectivity index (χ1n) is 6.21. The van der Waals surface area contributed by atoms with E-state index in [1.54, 1.807) is 6.07 Å². The molecule has 0 unspecified atom stereocenters. The average molecular weight is 309 g/mol. The number of nitrogens with one attached hydrogen (secondary N) is 1. The summed E-state index contributed by atoms with van der Waals surface area (Å²) in [6.45, 7) is -0.0898. The largest absolute Gasteiger partial charge is 0.480 e. The number of pyridine rings is 1. The SMILES string of the molecule is O=C(O)COCCNC(=O)c1cc2ccccc2c(Cl)n1. The molecule has 0 aliphatic rings. The van der Waals surface area contributed by atoms with E-state index in [4.69, 9.17) is 21.4 Å². The Morgan fingerprint density at radius 3 is 2.86 bits per heavy atom. The summed E-state index contributed by atoms with van der Waals surface area (Å²) >= 11 is 6.04. The summed E-state index contributed by atoms with van der Waals surface area (Å²) < 4.78 is 4.81. The third-order valence-corrected chi connectivity index (χ3v) is 2.97. The number of aromatic nitrogens is 1. The lowest BCUT2D eigenvalue weighted by molar-refractivity contribution is -0.142. The van der Waals surface area contributed by atoms with Gasteiger partial charge in [-0.1, -0.05) is 35.9 Å². The fourth-order valence-corrected chi connectivity index (χ4v) is 2.02. The molecule has 0 atom stereocenters. The van der Waals surface area contributed by atoms with Crippen LogP contribution >= 0.6 is 11.6 Å². The van der Waals surface area contributed by atoms with Crippen molar-refractivity contribution in [1.82, 2.24) is 10.3 Å². The molecule has 6 nitrogen and oxygen atoms in total. The van der Waals surface area contributed by atoms with Gasteiger partial charge < -0.3 is 15.2 Å². The number of carboxylic acid groups (broad SMARTS) is 1. The third-order valence-electron chi connectivity index (χ3n) is 2.68. The second kappa shape index (κ2) is 7.01. The van der Waals surface area contributed by atoms with Gasteiger partial charge in [0.05, 0.1) is 6.61 Å². The van der Waals surface area contributed by atoms with Gasteiger partial charge in [0, 0.05) is 11.9 Å². The molecule has 2 N–H and O–H groups in total. The van der Waals surface area contributed by atoms with Crippen molar-refractivity contribution in [3.8, 4) is 0 Å². The zero-order chi connectivity index (χ0) is 15.2. The Kier molecular flexibility index (Phi) is 5.08. The van der Waals surface area contributed by atoms with Crippen LogP contribution in [-0.2, 0) is 9.53 Å². The van der Waals surface area contributed by atoms with Crippen molar-refractivity contribution < 1.29 is 19.4 Å². The minimum absolute atomic E-state index is 0.110. The van der Waals surface area contributed by atoms with Crippen LogP contribution in [0, 0.1) is 0 Å².